The van der Waals surface area contributed by atoms with Crippen LogP contribution in [-0.4, -0.2) is 25.3 Å². The zero-order valence-electron chi connectivity index (χ0n) is 45.8. The molecule has 4 aromatic heterocycles. The van der Waals surface area contributed by atoms with Gasteiger partial charge in [0.05, 0.1) is 22.1 Å². The third-order valence-electron chi connectivity index (χ3n) is 18.9. The molecular formula is C76H52N2S2Si2. The Balaban J connectivity index is 0.839. The molecule has 0 N–H and O–H groups in total. The molecule has 6 heterocycles. The van der Waals surface area contributed by atoms with Crippen molar-refractivity contribution >= 4 is 144 Å². The van der Waals surface area contributed by atoms with E-state index in [1.54, 1.807) is 0 Å². The van der Waals surface area contributed by atoms with Crippen LogP contribution in [0.5, 0.6) is 0 Å². The van der Waals surface area contributed by atoms with Crippen molar-refractivity contribution in [2.24, 2.45) is 0 Å². The van der Waals surface area contributed by atoms with E-state index < -0.39 is 16.1 Å². The van der Waals surface area contributed by atoms with E-state index in [1.807, 2.05) is 22.7 Å². The molecule has 82 heavy (non-hydrogen) atoms. The number of hydrogen-bond acceptors (Lipinski definition) is 2. The number of hydrogen-bond donors (Lipinski definition) is 0. The normalized spacial score (nSPS) is 14.0. The van der Waals surface area contributed by atoms with E-state index >= 15 is 0 Å². The molecule has 0 saturated carbocycles. The van der Waals surface area contributed by atoms with Crippen molar-refractivity contribution in [1.82, 2.24) is 9.13 Å². The topological polar surface area (TPSA) is 9.86 Å². The SMILES string of the molecule is C[Si]1(C)c2ccccc2-c2ccc(-n3c4ccc(-c5ccc6sc7ccccc7c6c5)cc4c4cc(-c5ccc6c(c5)c5cc(-c7ccc8sc9ccccc9c8c7)ccc5n6-c5ccc6c(c5)[Si](C)(C)c5ccccc5-6)ccc43)cc21. The molecule has 2 aliphatic heterocycles. The monoisotopic (exact) mass is 1110 g/mol. The van der Waals surface area contributed by atoms with Crippen LogP contribution in [0.1, 0.15) is 0 Å². The van der Waals surface area contributed by atoms with Gasteiger partial charge < -0.3 is 9.13 Å². The minimum absolute atomic E-state index is 1.21. The van der Waals surface area contributed by atoms with E-state index in [0.29, 0.717) is 0 Å². The molecule has 6 heteroatoms. The van der Waals surface area contributed by atoms with Gasteiger partial charge in [-0.05, 0) is 186 Å². The summed E-state index contributed by atoms with van der Waals surface area (Å²) < 4.78 is 10.4. The molecule has 0 atom stereocenters. The van der Waals surface area contributed by atoms with Gasteiger partial charge in [0.2, 0.25) is 0 Å². The minimum Gasteiger partial charge on any atom is -0.309 e. The predicted octanol–water partition coefficient (Wildman–Crippen LogP) is 19.2. The van der Waals surface area contributed by atoms with E-state index in [1.165, 1.54) is 172 Å². The first-order valence-electron chi connectivity index (χ1n) is 28.6. The fourth-order valence-corrected chi connectivity index (χ4v) is 23.2. The molecule has 2 aliphatic rings. The fourth-order valence-electron chi connectivity index (χ4n) is 14.8. The quantitative estimate of drug-likeness (QED) is 0.152. The van der Waals surface area contributed by atoms with Gasteiger partial charge in [-0.2, -0.15) is 0 Å². The molecule has 0 amide bonds. The Morgan fingerprint density at radius 1 is 0.244 bits per heavy atom. The van der Waals surface area contributed by atoms with Gasteiger partial charge in [0.25, 0.3) is 0 Å². The second-order valence-electron chi connectivity index (χ2n) is 24.0. The van der Waals surface area contributed by atoms with Crippen LogP contribution in [0.2, 0.25) is 26.2 Å². The van der Waals surface area contributed by atoms with Gasteiger partial charge in [-0.25, -0.2) is 0 Å². The Hall–Kier alpha value is -8.89. The third kappa shape index (κ3) is 6.54. The molecule has 0 unspecified atom stereocenters. The summed E-state index contributed by atoms with van der Waals surface area (Å²) in [6.07, 6.45) is 0. The summed E-state index contributed by atoms with van der Waals surface area (Å²) in [7, 11) is -3.89. The summed E-state index contributed by atoms with van der Waals surface area (Å²) in [5.74, 6) is 0. The maximum atomic E-state index is 2.54. The van der Waals surface area contributed by atoms with Crippen molar-refractivity contribution < 1.29 is 0 Å². The fraction of sp³-hybridized carbons (Fsp3) is 0.0526. The maximum Gasteiger partial charge on any atom is 0.113 e. The molecule has 12 aromatic carbocycles. The molecule has 386 valence electrons. The second kappa shape index (κ2) is 16.9. The molecule has 0 radical (unpaired) electrons. The maximum absolute atomic E-state index is 2.54. The zero-order valence-corrected chi connectivity index (χ0v) is 49.4. The Labute approximate surface area is 485 Å². The van der Waals surface area contributed by atoms with Crippen molar-refractivity contribution in [2.75, 3.05) is 0 Å². The van der Waals surface area contributed by atoms with E-state index in [-0.39, 0.29) is 0 Å². The van der Waals surface area contributed by atoms with Crippen molar-refractivity contribution in [3.05, 3.63) is 243 Å². The van der Waals surface area contributed by atoms with Gasteiger partial charge in [0.1, 0.15) is 16.1 Å². The molecule has 0 aliphatic carbocycles. The highest BCUT2D eigenvalue weighted by atomic mass is 32.1. The van der Waals surface area contributed by atoms with Gasteiger partial charge >= 0.3 is 0 Å². The Morgan fingerprint density at radius 3 is 0.939 bits per heavy atom. The number of aromatic nitrogens is 2. The number of benzene rings is 12. The number of fused-ring (bicyclic) bond motifs is 18. The number of thiophene rings is 2. The lowest BCUT2D eigenvalue weighted by Gasteiger charge is -2.20. The highest BCUT2D eigenvalue weighted by Gasteiger charge is 2.39. The van der Waals surface area contributed by atoms with Crippen molar-refractivity contribution in [2.45, 2.75) is 26.2 Å². The van der Waals surface area contributed by atoms with E-state index in [0.717, 1.165) is 0 Å². The molecule has 0 fully saturated rings. The van der Waals surface area contributed by atoms with E-state index in [9.17, 15) is 0 Å². The van der Waals surface area contributed by atoms with Gasteiger partial charge in [-0.1, -0.05) is 160 Å². The first-order chi connectivity index (χ1) is 40.1. The Kier molecular flexibility index (Phi) is 9.62. The Morgan fingerprint density at radius 2 is 0.549 bits per heavy atom. The summed E-state index contributed by atoms with van der Waals surface area (Å²) >= 11 is 3.76. The van der Waals surface area contributed by atoms with Crippen LogP contribution in [0.15, 0.2) is 243 Å². The van der Waals surface area contributed by atoms with Crippen LogP contribution in [0.4, 0.5) is 0 Å². The molecular weight excluding hydrogens is 1060 g/mol. The summed E-state index contributed by atoms with van der Waals surface area (Å²) in [5.41, 5.74) is 20.2. The van der Waals surface area contributed by atoms with Crippen LogP contribution in [-0.2, 0) is 0 Å². The van der Waals surface area contributed by atoms with Crippen LogP contribution in [0.25, 0.3) is 151 Å². The highest BCUT2D eigenvalue weighted by molar-refractivity contribution is 7.26. The Bertz CT molecular complexity index is 5150. The molecule has 16 aromatic rings. The third-order valence-corrected chi connectivity index (χ3v) is 28.3. The largest absolute Gasteiger partial charge is 0.309 e. The second-order valence-corrected chi connectivity index (χ2v) is 34.8. The molecule has 0 spiro atoms. The zero-order chi connectivity index (χ0) is 54.3. The van der Waals surface area contributed by atoms with Gasteiger partial charge in [0.15, 0.2) is 0 Å². The van der Waals surface area contributed by atoms with Crippen LogP contribution < -0.4 is 20.7 Å². The van der Waals surface area contributed by atoms with E-state index in [2.05, 4.69) is 278 Å². The van der Waals surface area contributed by atoms with Crippen molar-refractivity contribution in [3.8, 4) is 67.0 Å². The van der Waals surface area contributed by atoms with Gasteiger partial charge in [-0.3, -0.25) is 0 Å². The van der Waals surface area contributed by atoms with Crippen molar-refractivity contribution in [3.63, 3.8) is 0 Å². The number of rotatable bonds is 5. The number of nitrogens with zero attached hydrogens (tertiary/aromatic N) is 2. The summed E-state index contributed by atoms with van der Waals surface area (Å²) in [4.78, 5) is 0. The first kappa shape index (κ1) is 46.8. The lowest BCUT2D eigenvalue weighted by Crippen LogP contribution is -2.49. The highest BCUT2D eigenvalue weighted by Crippen LogP contribution is 2.44. The summed E-state index contributed by atoms with van der Waals surface area (Å²) in [6, 6.07) is 93.4. The van der Waals surface area contributed by atoms with Crippen molar-refractivity contribution in [1.29, 1.82) is 0 Å². The molecule has 0 bridgehead atoms. The average Bonchev–Trinajstić information content (AvgIpc) is 2.65. The summed E-state index contributed by atoms with van der Waals surface area (Å²) in [6.45, 7) is 10.1. The molecule has 18 rings (SSSR count). The summed E-state index contributed by atoms with van der Waals surface area (Å²) in [5, 5.41) is 16.4. The smallest absolute Gasteiger partial charge is 0.113 e. The standard InChI is InChI=1S/C76H52N2S2Si2/c1-81(2)73-19-11-7-15-55(73)57-29-27-51(43-75(57)81)77-65-31-21-45(37-59(65)61-39-47(23-33-67(61)77)49-25-35-71-63(41-49)53-13-5-9-17-69(53)79-71)46-22-32-66-60(38-46)62-40-48(50-26-36-72-64(42-50)54-14-6-10-18-70(54)80-72)24-34-68(62)78(66)52-28-30-58-56-16-8-12-20-74(56)82(3,4)76(58)44-52/h5-44H,1-4H3. The molecule has 2 nitrogen and oxygen atoms in total. The average molecular weight is 1110 g/mol. The van der Waals surface area contributed by atoms with Gasteiger partial charge in [-0.15, -0.1) is 22.7 Å². The lowest BCUT2D eigenvalue weighted by molar-refractivity contribution is 1.18. The first-order valence-corrected chi connectivity index (χ1v) is 36.3. The van der Waals surface area contributed by atoms with Crippen LogP contribution >= 0.6 is 22.7 Å². The predicted molar refractivity (Wildman–Crippen MR) is 362 cm³/mol. The van der Waals surface area contributed by atoms with E-state index in [4.69, 9.17) is 0 Å². The van der Waals surface area contributed by atoms with Crippen LogP contribution in [0, 0.1) is 0 Å². The van der Waals surface area contributed by atoms with Crippen LogP contribution in [0.3, 0.4) is 0 Å². The van der Waals surface area contributed by atoms with Gasteiger partial charge in [0, 0.05) is 73.3 Å². The molecule has 0 saturated heterocycles. The minimum atomic E-state index is -1.94. The lowest BCUT2D eigenvalue weighted by atomic mass is 9.98.